The number of hydrogen-bond acceptors (Lipinski definition) is 2. The molecule has 27 heavy (non-hydrogen) atoms. The lowest BCUT2D eigenvalue weighted by atomic mass is 9.94. The third-order valence-electron chi connectivity index (χ3n) is 5.42. The number of nitrogens with zero attached hydrogens (tertiary/aromatic N) is 2. The van der Waals surface area contributed by atoms with E-state index in [4.69, 9.17) is 11.6 Å². The maximum absolute atomic E-state index is 11.2. The van der Waals surface area contributed by atoms with Gasteiger partial charge in [-0.15, -0.1) is 0 Å². The summed E-state index contributed by atoms with van der Waals surface area (Å²) >= 11 is 6.30. The minimum absolute atomic E-state index is 0.323. The standard InChI is InChI=1S/C23H27ClN2O/c1-5-15(2)13-25-14-21(16(3)18-6-7-18)23-17(4)26(10-11-27)22-9-8-19(24)12-20(22)23/h8-9,11-15,18H,3,5-7,10H2,1-2,4H3/b21-14+,25-13?. The van der Waals surface area contributed by atoms with Gasteiger partial charge in [-0.25, -0.2) is 0 Å². The molecule has 3 nitrogen and oxygen atoms in total. The summed E-state index contributed by atoms with van der Waals surface area (Å²) in [5.41, 5.74) is 5.34. The molecule has 1 atom stereocenters. The molecule has 0 amide bonds. The van der Waals surface area contributed by atoms with Crippen LogP contribution in [-0.2, 0) is 11.3 Å². The van der Waals surface area contributed by atoms with Crippen LogP contribution in [0.15, 0.2) is 41.5 Å². The number of halogens is 1. The summed E-state index contributed by atoms with van der Waals surface area (Å²) in [5, 5.41) is 1.74. The second-order valence-electron chi connectivity index (χ2n) is 7.43. The first kappa shape index (κ1) is 19.6. The zero-order valence-electron chi connectivity index (χ0n) is 16.3. The van der Waals surface area contributed by atoms with E-state index in [1.54, 1.807) is 0 Å². The number of carbonyl (C=O) groups excluding carboxylic acids is 1. The normalized spacial score (nSPS) is 16.2. The van der Waals surface area contributed by atoms with Crippen LogP contribution in [0.25, 0.3) is 16.5 Å². The number of aromatic nitrogens is 1. The lowest BCUT2D eigenvalue weighted by Crippen LogP contribution is -2.02. The van der Waals surface area contributed by atoms with Crippen molar-refractivity contribution in [3.8, 4) is 0 Å². The molecule has 1 aliphatic carbocycles. The predicted molar refractivity (Wildman–Crippen MR) is 116 cm³/mol. The summed E-state index contributed by atoms with van der Waals surface area (Å²) in [5.74, 6) is 0.960. The molecule has 0 aliphatic heterocycles. The van der Waals surface area contributed by atoms with E-state index in [1.807, 2.05) is 35.2 Å². The number of rotatable bonds is 8. The summed E-state index contributed by atoms with van der Waals surface area (Å²) in [7, 11) is 0. The van der Waals surface area contributed by atoms with Gasteiger partial charge < -0.3 is 9.36 Å². The van der Waals surface area contributed by atoms with Crippen molar-refractivity contribution in [3.63, 3.8) is 0 Å². The Balaban J connectivity index is 2.20. The number of fused-ring (bicyclic) bond motifs is 1. The Morgan fingerprint density at radius 2 is 2.19 bits per heavy atom. The molecule has 1 saturated carbocycles. The summed E-state index contributed by atoms with van der Waals surface area (Å²) in [4.78, 5) is 15.9. The molecule has 0 radical (unpaired) electrons. The largest absolute Gasteiger partial charge is 0.337 e. The van der Waals surface area contributed by atoms with Crippen molar-refractivity contribution in [2.45, 2.75) is 46.6 Å². The molecular formula is C23H27ClN2O. The van der Waals surface area contributed by atoms with Gasteiger partial charge in [0, 0.05) is 45.2 Å². The highest BCUT2D eigenvalue weighted by Gasteiger charge is 2.29. The minimum Gasteiger partial charge on any atom is -0.337 e. The van der Waals surface area contributed by atoms with E-state index < -0.39 is 0 Å². The van der Waals surface area contributed by atoms with Crippen molar-refractivity contribution in [1.82, 2.24) is 4.57 Å². The van der Waals surface area contributed by atoms with Crippen LogP contribution in [0, 0.1) is 18.8 Å². The quantitative estimate of drug-likeness (QED) is 0.303. The zero-order valence-corrected chi connectivity index (χ0v) is 17.1. The molecule has 0 bridgehead atoms. The first-order valence-electron chi connectivity index (χ1n) is 9.62. The third kappa shape index (κ3) is 4.08. The number of benzene rings is 1. The summed E-state index contributed by atoms with van der Waals surface area (Å²) in [6.07, 6.45) is 8.29. The van der Waals surface area contributed by atoms with Crippen LogP contribution in [0.4, 0.5) is 0 Å². The molecule has 0 saturated heterocycles. The highest BCUT2D eigenvalue weighted by molar-refractivity contribution is 6.31. The first-order chi connectivity index (χ1) is 13.0. The third-order valence-corrected chi connectivity index (χ3v) is 5.65. The smallest absolute Gasteiger partial charge is 0.139 e. The topological polar surface area (TPSA) is 34.4 Å². The van der Waals surface area contributed by atoms with E-state index in [0.29, 0.717) is 23.4 Å². The minimum atomic E-state index is 0.323. The Morgan fingerprint density at radius 1 is 1.44 bits per heavy atom. The van der Waals surface area contributed by atoms with Crippen LogP contribution < -0.4 is 0 Å². The van der Waals surface area contributed by atoms with Crippen LogP contribution in [0.1, 0.15) is 44.4 Å². The van der Waals surface area contributed by atoms with Gasteiger partial charge in [-0.05, 0) is 61.8 Å². The van der Waals surface area contributed by atoms with Crippen LogP contribution in [0.2, 0.25) is 5.02 Å². The molecule has 3 rings (SSSR count). The van der Waals surface area contributed by atoms with Crippen LogP contribution in [-0.4, -0.2) is 17.1 Å². The molecule has 2 aromatic rings. The van der Waals surface area contributed by atoms with E-state index in [1.165, 1.54) is 12.8 Å². The van der Waals surface area contributed by atoms with Gasteiger partial charge in [0.25, 0.3) is 0 Å². The Bertz CT molecular complexity index is 931. The predicted octanol–water partition coefficient (Wildman–Crippen LogP) is 6.23. The van der Waals surface area contributed by atoms with Gasteiger partial charge in [-0.3, -0.25) is 4.99 Å². The average molecular weight is 383 g/mol. The fourth-order valence-corrected chi connectivity index (χ4v) is 3.61. The van der Waals surface area contributed by atoms with Crippen molar-refractivity contribution in [1.29, 1.82) is 0 Å². The number of hydrogen-bond donors (Lipinski definition) is 0. The van der Waals surface area contributed by atoms with Crippen LogP contribution in [0.5, 0.6) is 0 Å². The SMILES string of the molecule is C=C(/C(=C\N=CC(C)CC)c1c(C)n(CC=O)c2ccc(Cl)cc12)C1CC1. The summed E-state index contributed by atoms with van der Waals surface area (Å²) in [6, 6.07) is 5.83. The average Bonchev–Trinajstić information content (AvgIpc) is 3.46. The lowest BCUT2D eigenvalue weighted by Gasteiger charge is -2.11. The number of aldehydes is 1. The monoisotopic (exact) mass is 382 g/mol. The first-order valence-corrected chi connectivity index (χ1v) is 10.0. The molecule has 1 aromatic heterocycles. The molecule has 1 aromatic carbocycles. The highest BCUT2D eigenvalue weighted by atomic mass is 35.5. The number of carbonyl (C=O) groups is 1. The van der Waals surface area contributed by atoms with Crippen molar-refractivity contribution in [2.24, 2.45) is 16.8 Å². The number of aliphatic imine (C=N–C) groups is 1. The van der Waals surface area contributed by atoms with Gasteiger partial charge in [0.1, 0.15) is 6.29 Å². The van der Waals surface area contributed by atoms with Gasteiger partial charge in [-0.1, -0.05) is 32.0 Å². The molecule has 142 valence electrons. The zero-order chi connectivity index (χ0) is 19.6. The molecule has 0 N–H and O–H groups in total. The lowest BCUT2D eigenvalue weighted by molar-refractivity contribution is -0.108. The second-order valence-corrected chi connectivity index (χ2v) is 7.86. The van der Waals surface area contributed by atoms with Crippen molar-refractivity contribution < 1.29 is 4.79 Å². The molecule has 1 aliphatic rings. The molecule has 1 unspecified atom stereocenters. The second kappa shape index (κ2) is 8.26. The van der Waals surface area contributed by atoms with Crippen LogP contribution in [0.3, 0.4) is 0 Å². The Labute approximate surface area is 166 Å². The van der Waals surface area contributed by atoms with E-state index in [2.05, 4.69) is 32.3 Å². The van der Waals surface area contributed by atoms with Gasteiger partial charge in [0.15, 0.2) is 0 Å². The van der Waals surface area contributed by atoms with E-state index in [9.17, 15) is 4.79 Å². The Morgan fingerprint density at radius 3 is 2.81 bits per heavy atom. The molecule has 1 fully saturated rings. The van der Waals surface area contributed by atoms with Crippen LogP contribution >= 0.6 is 11.6 Å². The van der Waals surface area contributed by atoms with Crippen molar-refractivity contribution >= 4 is 40.6 Å². The fraction of sp³-hybridized carbons (Fsp3) is 0.391. The molecule has 1 heterocycles. The summed E-state index contributed by atoms with van der Waals surface area (Å²) < 4.78 is 2.04. The molecular weight excluding hydrogens is 356 g/mol. The Kier molecular flexibility index (Phi) is 6.01. The van der Waals surface area contributed by atoms with Crippen molar-refractivity contribution in [3.05, 3.63) is 52.8 Å². The van der Waals surface area contributed by atoms with E-state index >= 15 is 0 Å². The van der Waals surface area contributed by atoms with Gasteiger partial charge in [0.05, 0.1) is 6.54 Å². The highest BCUT2D eigenvalue weighted by Crippen LogP contribution is 2.45. The number of allylic oxidation sites excluding steroid dienone is 2. The van der Waals surface area contributed by atoms with Crippen molar-refractivity contribution in [2.75, 3.05) is 0 Å². The summed E-state index contributed by atoms with van der Waals surface area (Å²) in [6.45, 7) is 11.1. The van der Waals surface area contributed by atoms with E-state index in [-0.39, 0.29) is 0 Å². The Hall–Kier alpha value is -2.13. The van der Waals surface area contributed by atoms with Gasteiger partial charge in [0.2, 0.25) is 0 Å². The molecule has 0 spiro atoms. The van der Waals surface area contributed by atoms with Gasteiger partial charge >= 0.3 is 0 Å². The van der Waals surface area contributed by atoms with Gasteiger partial charge in [-0.2, -0.15) is 0 Å². The fourth-order valence-electron chi connectivity index (χ4n) is 3.43. The molecule has 4 heteroatoms. The van der Waals surface area contributed by atoms with E-state index in [0.717, 1.165) is 46.0 Å². The maximum Gasteiger partial charge on any atom is 0.139 e. The maximum atomic E-state index is 11.2.